The highest BCUT2D eigenvalue weighted by Crippen LogP contribution is 2.30. The van der Waals surface area contributed by atoms with Gasteiger partial charge in [-0.1, -0.05) is 28.1 Å². The van der Waals surface area contributed by atoms with Gasteiger partial charge < -0.3 is 10.5 Å². The summed E-state index contributed by atoms with van der Waals surface area (Å²) >= 11 is 3.41. The van der Waals surface area contributed by atoms with Crippen LogP contribution in [0.25, 0.3) is 0 Å². The molecule has 2 rings (SSSR count). The highest BCUT2D eigenvalue weighted by atomic mass is 79.9. The molecule has 0 aliphatic rings. The molecular weight excluding hydrogens is 297 g/mol. The molecule has 2 aromatic rings. The smallest absolute Gasteiger partial charge is 0.167 e. The molecule has 94 valence electrons. The molecule has 0 aromatic heterocycles. The van der Waals surface area contributed by atoms with Crippen molar-refractivity contribution in [2.45, 2.75) is 13.5 Å². The number of benzene rings is 2. The summed E-state index contributed by atoms with van der Waals surface area (Å²) in [5, 5.41) is 0. The Kier molecular flexibility index (Phi) is 3.99. The van der Waals surface area contributed by atoms with E-state index in [1.54, 1.807) is 18.2 Å². The molecule has 0 unspecified atom stereocenters. The number of rotatable bonds is 3. The van der Waals surface area contributed by atoms with Gasteiger partial charge in [-0.3, -0.25) is 0 Å². The fraction of sp³-hybridized carbons (Fsp3) is 0.143. The lowest BCUT2D eigenvalue weighted by molar-refractivity contribution is 0.436. The SMILES string of the molecule is Cc1cc(Oc2c(F)cccc2CN)ccc1Br. The van der Waals surface area contributed by atoms with Crippen molar-refractivity contribution >= 4 is 15.9 Å². The van der Waals surface area contributed by atoms with Crippen LogP contribution in [0, 0.1) is 12.7 Å². The van der Waals surface area contributed by atoms with Gasteiger partial charge in [0.2, 0.25) is 0 Å². The maximum atomic E-state index is 13.7. The summed E-state index contributed by atoms with van der Waals surface area (Å²) in [7, 11) is 0. The number of ether oxygens (including phenoxy) is 1. The van der Waals surface area contributed by atoms with Crippen molar-refractivity contribution in [1.82, 2.24) is 0 Å². The summed E-state index contributed by atoms with van der Waals surface area (Å²) in [4.78, 5) is 0. The van der Waals surface area contributed by atoms with Crippen molar-refractivity contribution in [3.63, 3.8) is 0 Å². The molecule has 0 radical (unpaired) electrons. The zero-order valence-electron chi connectivity index (χ0n) is 9.91. The van der Waals surface area contributed by atoms with E-state index in [0.717, 1.165) is 10.0 Å². The predicted octanol–water partition coefficient (Wildman–Crippen LogP) is 4.15. The van der Waals surface area contributed by atoms with Crippen LogP contribution in [0.1, 0.15) is 11.1 Å². The Balaban J connectivity index is 2.36. The van der Waals surface area contributed by atoms with Crippen molar-refractivity contribution in [1.29, 1.82) is 0 Å². The lowest BCUT2D eigenvalue weighted by atomic mass is 10.2. The highest BCUT2D eigenvalue weighted by Gasteiger charge is 2.10. The fourth-order valence-corrected chi connectivity index (χ4v) is 1.87. The molecule has 0 fully saturated rings. The Morgan fingerprint density at radius 3 is 2.72 bits per heavy atom. The second kappa shape index (κ2) is 5.50. The van der Waals surface area contributed by atoms with Crippen LogP contribution < -0.4 is 10.5 Å². The number of nitrogens with two attached hydrogens (primary N) is 1. The zero-order valence-corrected chi connectivity index (χ0v) is 11.5. The van der Waals surface area contributed by atoms with Crippen molar-refractivity contribution in [3.8, 4) is 11.5 Å². The van der Waals surface area contributed by atoms with Crippen molar-refractivity contribution in [2.75, 3.05) is 0 Å². The maximum absolute atomic E-state index is 13.7. The lowest BCUT2D eigenvalue weighted by Crippen LogP contribution is -2.01. The van der Waals surface area contributed by atoms with E-state index in [9.17, 15) is 4.39 Å². The fourth-order valence-electron chi connectivity index (χ4n) is 1.63. The Hall–Kier alpha value is -1.39. The Morgan fingerprint density at radius 2 is 2.06 bits per heavy atom. The van der Waals surface area contributed by atoms with Crippen LogP contribution in [0.15, 0.2) is 40.9 Å². The number of aryl methyl sites for hydroxylation is 1. The predicted molar refractivity (Wildman–Crippen MR) is 73.2 cm³/mol. The standard InChI is InChI=1S/C14H13BrFNO/c1-9-7-11(5-6-12(9)15)18-14-10(8-17)3-2-4-13(14)16/h2-7H,8,17H2,1H3. The second-order valence-corrected chi connectivity index (χ2v) is 4.80. The van der Waals surface area contributed by atoms with E-state index in [1.165, 1.54) is 6.07 Å². The molecule has 0 aliphatic carbocycles. The van der Waals surface area contributed by atoms with Gasteiger partial charge in [-0.05, 0) is 36.8 Å². The summed E-state index contributed by atoms with van der Waals surface area (Å²) in [6.45, 7) is 2.19. The second-order valence-electron chi connectivity index (χ2n) is 3.95. The average Bonchev–Trinajstić information content (AvgIpc) is 2.36. The van der Waals surface area contributed by atoms with E-state index in [2.05, 4.69) is 15.9 Å². The molecule has 0 saturated carbocycles. The minimum absolute atomic E-state index is 0.196. The van der Waals surface area contributed by atoms with Gasteiger partial charge in [0.1, 0.15) is 5.75 Å². The molecule has 0 aliphatic heterocycles. The minimum atomic E-state index is -0.404. The van der Waals surface area contributed by atoms with E-state index in [0.29, 0.717) is 11.3 Å². The van der Waals surface area contributed by atoms with Crippen LogP contribution in [-0.4, -0.2) is 0 Å². The van der Waals surface area contributed by atoms with Gasteiger partial charge in [-0.25, -0.2) is 4.39 Å². The number of para-hydroxylation sites is 1. The van der Waals surface area contributed by atoms with Crippen LogP contribution >= 0.6 is 15.9 Å². The molecule has 2 aromatic carbocycles. The first-order valence-corrected chi connectivity index (χ1v) is 6.32. The van der Waals surface area contributed by atoms with Gasteiger partial charge in [0.15, 0.2) is 11.6 Å². The Morgan fingerprint density at radius 1 is 1.28 bits per heavy atom. The molecule has 0 bridgehead atoms. The first kappa shape index (κ1) is 13.1. The largest absolute Gasteiger partial charge is 0.454 e. The first-order chi connectivity index (χ1) is 8.61. The third-order valence-electron chi connectivity index (χ3n) is 2.62. The van der Waals surface area contributed by atoms with E-state index in [-0.39, 0.29) is 12.3 Å². The number of hydrogen-bond acceptors (Lipinski definition) is 2. The van der Waals surface area contributed by atoms with Crippen LogP contribution in [0.3, 0.4) is 0 Å². The molecule has 18 heavy (non-hydrogen) atoms. The summed E-state index contributed by atoms with van der Waals surface area (Å²) in [6, 6.07) is 10.2. The minimum Gasteiger partial charge on any atom is -0.454 e. The normalized spacial score (nSPS) is 10.4. The summed E-state index contributed by atoms with van der Waals surface area (Å²) in [5.74, 6) is 0.385. The summed E-state index contributed by atoms with van der Waals surface area (Å²) < 4.78 is 20.3. The Bertz CT molecular complexity index is 572. The van der Waals surface area contributed by atoms with E-state index < -0.39 is 5.82 Å². The van der Waals surface area contributed by atoms with E-state index in [1.807, 2.05) is 19.1 Å². The molecule has 0 atom stereocenters. The molecule has 2 nitrogen and oxygen atoms in total. The van der Waals surface area contributed by atoms with Crippen LogP contribution in [0.2, 0.25) is 0 Å². The van der Waals surface area contributed by atoms with Gasteiger partial charge in [0.25, 0.3) is 0 Å². The third kappa shape index (κ3) is 2.71. The van der Waals surface area contributed by atoms with E-state index >= 15 is 0 Å². The zero-order chi connectivity index (χ0) is 13.1. The number of halogens is 2. The molecule has 4 heteroatoms. The number of hydrogen-bond donors (Lipinski definition) is 1. The third-order valence-corrected chi connectivity index (χ3v) is 3.51. The summed E-state index contributed by atoms with van der Waals surface area (Å²) in [5.41, 5.74) is 7.25. The van der Waals surface area contributed by atoms with E-state index in [4.69, 9.17) is 10.5 Å². The highest BCUT2D eigenvalue weighted by molar-refractivity contribution is 9.10. The van der Waals surface area contributed by atoms with Crippen LogP contribution in [0.5, 0.6) is 11.5 Å². The van der Waals surface area contributed by atoms with Gasteiger partial charge in [-0.2, -0.15) is 0 Å². The van der Waals surface area contributed by atoms with Crippen molar-refractivity contribution in [3.05, 3.63) is 57.8 Å². The van der Waals surface area contributed by atoms with Gasteiger partial charge in [-0.15, -0.1) is 0 Å². The topological polar surface area (TPSA) is 35.2 Å². The van der Waals surface area contributed by atoms with Crippen LogP contribution in [-0.2, 0) is 6.54 Å². The monoisotopic (exact) mass is 309 g/mol. The van der Waals surface area contributed by atoms with Crippen molar-refractivity contribution in [2.24, 2.45) is 5.73 Å². The molecule has 0 amide bonds. The Labute approximate surface area is 114 Å². The summed E-state index contributed by atoms with van der Waals surface area (Å²) in [6.07, 6.45) is 0. The lowest BCUT2D eigenvalue weighted by Gasteiger charge is -2.11. The quantitative estimate of drug-likeness (QED) is 0.924. The molecule has 0 saturated heterocycles. The van der Waals surface area contributed by atoms with Crippen molar-refractivity contribution < 1.29 is 9.13 Å². The molecule has 0 spiro atoms. The van der Waals surface area contributed by atoms with Gasteiger partial charge >= 0.3 is 0 Å². The first-order valence-electron chi connectivity index (χ1n) is 5.53. The molecule has 2 N–H and O–H groups in total. The molecule has 0 heterocycles. The van der Waals surface area contributed by atoms with Gasteiger partial charge in [0, 0.05) is 16.6 Å². The average molecular weight is 310 g/mol. The maximum Gasteiger partial charge on any atom is 0.167 e. The molecular formula is C14H13BrFNO. The van der Waals surface area contributed by atoms with Gasteiger partial charge in [0.05, 0.1) is 0 Å². The van der Waals surface area contributed by atoms with Crippen LogP contribution in [0.4, 0.5) is 4.39 Å².